The summed E-state index contributed by atoms with van der Waals surface area (Å²) in [6.45, 7) is 0. The van der Waals surface area contributed by atoms with E-state index in [0.717, 1.165) is 15.9 Å². The quantitative estimate of drug-likeness (QED) is 0.572. The van der Waals surface area contributed by atoms with Crippen LogP contribution in [0, 0.1) is 0 Å². The molecule has 0 radical (unpaired) electrons. The Kier molecular flexibility index (Phi) is 4.49. The van der Waals surface area contributed by atoms with Gasteiger partial charge in [0.15, 0.2) is 0 Å². The Balaban J connectivity index is 2.40. The van der Waals surface area contributed by atoms with Gasteiger partial charge in [-0.15, -0.1) is 0 Å². The van der Waals surface area contributed by atoms with E-state index in [1.807, 2.05) is 91.0 Å². The van der Waals surface area contributed by atoms with Gasteiger partial charge in [0.05, 0.1) is 13.2 Å². The Labute approximate surface area is 143 Å². The minimum absolute atomic E-state index is 0.384. The Hall–Kier alpha value is -2.70. The summed E-state index contributed by atoms with van der Waals surface area (Å²) in [7, 11) is -2.39. The van der Waals surface area contributed by atoms with E-state index in [0.29, 0.717) is 0 Å². The van der Waals surface area contributed by atoms with Crippen LogP contribution in [0.1, 0.15) is 1.37 Å². The van der Waals surface area contributed by atoms with Crippen LogP contribution in [-0.2, 0) is 4.79 Å². The molecule has 3 rings (SSSR count). The van der Waals surface area contributed by atoms with Gasteiger partial charge in [0.1, 0.15) is 23.2 Å². The van der Waals surface area contributed by atoms with Gasteiger partial charge in [-0.1, -0.05) is 54.6 Å². The van der Waals surface area contributed by atoms with E-state index in [4.69, 9.17) is 1.37 Å². The topological polar surface area (TPSA) is 37.3 Å². The molecule has 0 aromatic heterocycles. The average molecular weight is 334 g/mol. The third kappa shape index (κ3) is 3.15. The van der Waals surface area contributed by atoms with Gasteiger partial charge in [0.2, 0.25) is 0 Å². The van der Waals surface area contributed by atoms with Crippen LogP contribution in [0.4, 0.5) is 0 Å². The fraction of sp³-hybridized carbons (Fsp3) is 0. The highest BCUT2D eigenvalue weighted by molar-refractivity contribution is 7.98. The highest BCUT2D eigenvalue weighted by atomic mass is 31.2. The summed E-state index contributed by atoms with van der Waals surface area (Å²) in [5.74, 6) is 0.419. The first-order valence-corrected chi connectivity index (χ1v) is 9.49. The summed E-state index contributed by atoms with van der Waals surface area (Å²) in [4.78, 5) is 11.4. The van der Waals surface area contributed by atoms with E-state index in [1.54, 1.807) is 5.82 Å². The summed E-state index contributed by atoms with van der Waals surface area (Å²) >= 11 is 0. The molecule has 0 heterocycles. The predicted molar refractivity (Wildman–Crippen MR) is 102 cm³/mol. The average Bonchev–Trinajstić information content (AvgIpc) is 2.68. The molecule has 118 valence electrons. The zero-order valence-electron chi connectivity index (χ0n) is 14.0. The molecule has 3 aromatic rings. The predicted octanol–water partition coefficient (Wildman–Crippen LogP) is 3.58. The molecule has 0 amide bonds. The molecule has 3 aromatic carbocycles. The molecule has 0 aliphatic rings. The Morgan fingerprint density at radius 1 is 0.750 bits per heavy atom. The van der Waals surface area contributed by atoms with Gasteiger partial charge in [-0.25, -0.2) is 4.79 Å². The number of rotatable bonds is 5. The van der Waals surface area contributed by atoms with Crippen LogP contribution in [0.3, 0.4) is 0 Å². The Morgan fingerprint density at radius 3 is 1.38 bits per heavy atom. The maximum absolute atomic E-state index is 11.4. The lowest BCUT2D eigenvalue weighted by Gasteiger charge is -2.23. The monoisotopic (exact) mass is 334 g/mol. The van der Waals surface area contributed by atoms with Crippen LogP contribution in [0.25, 0.3) is 0 Å². The lowest BCUT2D eigenvalue weighted by molar-refractivity contribution is -0.131. The molecule has 0 aliphatic carbocycles. The van der Waals surface area contributed by atoms with Gasteiger partial charge >= 0.3 is 5.97 Å². The molecule has 0 bridgehead atoms. The van der Waals surface area contributed by atoms with Crippen molar-refractivity contribution >= 4 is 29.1 Å². The molecule has 0 spiro atoms. The van der Waals surface area contributed by atoms with E-state index in [1.165, 1.54) is 0 Å². The second kappa shape index (κ2) is 7.25. The van der Waals surface area contributed by atoms with Crippen molar-refractivity contribution in [2.45, 2.75) is 0 Å². The number of carboxylic acids is 1. The van der Waals surface area contributed by atoms with Gasteiger partial charge in [-0.2, -0.15) is 0 Å². The molecule has 0 saturated carbocycles. The van der Waals surface area contributed by atoms with Crippen molar-refractivity contribution in [3.63, 3.8) is 0 Å². The van der Waals surface area contributed by atoms with Crippen molar-refractivity contribution in [2.24, 2.45) is 0 Å². The maximum Gasteiger partial charge on any atom is 0.331 e. The van der Waals surface area contributed by atoms with Crippen molar-refractivity contribution in [3.8, 4) is 0 Å². The molecule has 1 N–H and O–H groups in total. The second-order valence-electron chi connectivity index (χ2n) is 5.31. The fourth-order valence-electron chi connectivity index (χ4n) is 2.81. The van der Waals surface area contributed by atoms with Crippen LogP contribution < -0.4 is 15.9 Å². The highest BCUT2D eigenvalue weighted by Gasteiger charge is 2.43. The normalized spacial score (nSPS) is 12.5. The second-order valence-corrected chi connectivity index (χ2v) is 8.56. The smallest absolute Gasteiger partial charge is 0.331 e. The molecular weight excluding hydrogens is 315 g/mol. The Bertz CT molecular complexity index is 781. The molecule has 0 aliphatic heterocycles. The summed E-state index contributed by atoms with van der Waals surface area (Å²) < 4.78 is 8.02. The molecule has 0 fully saturated rings. The van der Waals surface area contributed by atoms with Crippen LogP contribution in [0.2, 0.25) is 0 Å². The zero-order valence-corrected chi connectivity index (χ0v) is 13.9. The van der Waals surface area contributed by atoms with Crippen LogP contribution >= 0.6 is 7.26 Å². The lowest BCUT2D eigenvalue weighted by Crippen LogP contribution is -2.29. The van der Waals surface area contributed by atoms with E-state index >= 15 is 0 Å². The SMILES string of the molecule is [2H]/C(=C/[P+](c1ccccc1)(c1ccccc1)c1ccccc1)C(=O)O. The van der Waals surface area contributed by atoms with Gasteiger partial charge in [0, 0.05) is 0 Å². The van der Waals surface area contributed by atoms with E-state index < -0.39 is 13.2 Å². The third-order valence-corrected chi connectivity index (χ3v) is 7.73. The molecule has 2 nitrogen and oxygen atoms in total. The maximum atomic E-state index is 11.4. The number of aliphatic carboxylic acids is 1. The zero-order chi connectivity index (χ0) is 17.7. The van der Waals surface area contributed by atoms with Gasteiger partial charge in [-0.05, 0) is 36.4 Å². The number of benzene rings is 3. The number of carbonyl (C=O) groups is 1. The van der Waals surface area contributed by atoms with Crippen LogP contribution in [0.15, 0.2) is 103 Å². The minimum Gasteiger partial charge on any atom is -0.478 e. The standard InChI is InChI=1S/C21H17O2P/c22-21(23)16-17-24(18-10-4-1-5-11-18,19-12-6-2-7-13-19)20-14-8-3-9-15-20/h1-17H/p+1/b17-16-/i16D. The van der Waals surface area contributed by atoms with Gasteiger partial charge < -0.3 is 5.11 Å². The summed E-state index contributed by atoms with van der Waals surface area (Å²) in [6.07, 6.45) is 0. The fourth-order valence-corrected chi connectivity index (χ4v) is 6.39. The number of hydrogen-bond acceptors (Lipinski definition) is 1. The van der Waals surface area contributed by atoms with E-state index in [-0.39, 0.29) is 6.05 Å². The third-order valence-electron chi connectivity index (χ3n) is 3.87. The first kappa shape index (κ1) is 14.9. The molecule has 0 unspecified atom stereocenters. The highest BCUT2D eigenvalue weighted by Crippen LogP contribution is 2.56. The van der Waals surface area contributed by atoms with Crippen molar-refractivity contribution < 1.29 is 11.3 Å². The van der Waals surface area contributed by atoms with Crippen LogP contribution in [-0.4, -0.2) is 11.1 Å². The van der Waals surface area contributed by atoms with Crippen molar-refractivity contribution in [1.82, 2.24) is 0 Å². The van der Waals surface area contributed by atoms with Crippen molar-refractivity contribution in [2.75, 3.05) is 0 Å². The van der Waals surface area contributed by atoms with Crippen molar-refractivity contribution in [3.05, 3.63) is 103 Å². The first-order chi connectivity index (χ1) is 12.1. The van der Waals surface area contributed by atoms with Crippen LogP contribution in [0.5, 0.6) is 0 Å². The van der Waals surface area contributed by atoms with Gasteiger partial charge in [-0.3, -0.25) is 0 Å². The molecule has 0 atom stereocenters. The summed E-state index contributed by atoms with van der Waals surface area (Å²) in [6, 6.07) is 29.2. The first-order valence-electron chi connectivity index (χ1n) is 8.13. The molecule has 3 heteroatoms. The minimum atomic E-state index is -2.39. The largest absolute Gasteiger partial charge is 0.478 e. The summed E-state index contributed by atoms with van der Waals surface area (Å²) in [5.41, 5.74) is 0. The van der Waals surface area contributed by atoms with Crippen molar-refractivity contribution in [1.29, 1.82) is 0 Å². The van der Waals surface area contributed by atoms with Gasteiger partial charge in [0.25, 0.3) is 0 Å². The number of carboxylic acid groups (broad SMARTS) is 1. The molecule has 24 heavy (non-hydrogen) atoms. The summed E-state index contributed by atoms with van der Waals surface area (Å²) in [5, 5.41) is 12.4. The molecule has 0 saturated heterocycles. The Morgan fingerprint density at radius 2 is 1.08 bits per heavy atom. The van der Waals surface area contributed by atoms with E-state index in [9.17, 15) is 9.90 Å². The lowest BCUT2D eigenvalue weighted by atomic mass is 10.4. The number of hydrogen-bond donors (Lipinski definition) is 1. The van der Waals surface area contributed by atoms with E-state index in [2.05, 4.69) is 0 Å². The molecular formula is C21H18O2P+.